The van der Waals surface area contributed by atoms with E-state index in [2.05, 4.69) is 17.4 Å². The predicted octanol–water partition coefficient (Wildman–Crippen LogP) is 2.63. The Morgan fingerprint density at radius 2 is 2.08 bits per heavy atom. The van der Waals surface area contributed by atoms with Gasteiger partial charge in [0.25, 0.3) is 6.47 Å². The van der Waals surface area contributed by atoms with Gasteiger partial charge in [0.05, 0.1) is 0 Å². The zero-order valence-electron chi connectivity index (χ0n) is 8.25. The molecule has 0 spiro atoms. The Kier molecular flexibility index (Phi) is 6.60. The Labute approximate surface area is 79.6 Å². The highest BCUT2D eigenvalue weighted by molar-refractivity contribution is 5.37. The average Bonchev–Trinajstić information content (AvgIpc) is 2.14. The molecular formula is C11H16O2. The minimum absolute atomic E-state index is 0.379. The number of rotatable bonds is 6. The summed E-state index contributed by atoms with van der Waals surface area (Å²) < 4.78 is 4.59. The molecule has 2 nitrogen and oxygen atoms in total. The Morgan fingerprint density at radius 3 is 2.62 bits per heavy atom. The van der Waals surface area contributed by atoms with Gasteiger partial charge in [0.15, 0.2) is 0 Å². The van der Waals surface area contributed by atoms with E-state index >= 15 is 0 Å². The van der Waals surface area contributed by atoms with E-state index in [1.165, 1.54) is 0 Å². The minimum atomic E-state index is 0.379. The molecule has 0 heterocycles. The van der Waals surface area contributed by atoms with Gasteiger partial charge in [0, 0.05) is 0 Å². The number of carbonyl (C=O) groups is 1. The van der Waals surface area contributed by atoms with Crippen LogP contribution in [0.1, 0.15) is 20.3 Å². The maximum Gasteiger partial charge on any atom is 0.293 e. The van der Waals surface area contributed by atoms with Gasteiger partial charge in [0.1, 0.15) is 6.61 Å². The topological polar surface area (TPSA) is 26.3 Å². The molecule has 0 aromatic heterocycles. The van der Waals surface area contributed by atoms with Gasteiger partial charge >= 0.3 is 0 Å². The van der Waals surface area contributed by atoms with Crippen molar-refractivity contribution in [2.24, 2.45) is 0 Å². The van der Waals surface area contributed by atoms with Crippen LogP contribution in [0.2, 0.25) is 0 Å². The first-order chi connectivity index (χ1) is 6.20. The normalized spacial score (nSPS) is 12.5. The third kappa shape index (κ3) is 7.06. The summed E-state index contributed by atoms with van der Waals surface area (Å²) in [5, 5.41) is 0. The Morgan fingerprint density at radius 1 is 1.38 bits per heavy atom. The highest BCUT2D eigenvalue weighted by atomic mass is 16.5. The molecule has 0 rings (SSSR count). The summed E-state index contributed by atoms with van der Waals surface area (Å²) in [4.78, 5) is 9.86. The van der Waals surface area contributed by atoms with Gasteiger partial charge in [-0.15, -0.1) is 0 Å². The second kappa shape index (κ2) is 7.35. The van der Waals surface area contributed by atoms with E-state index < -0.39 is 0 Å². The van der Waals surface area contributed by atoms with E-state index in [1.807, 2.05) is 26.0 Å². The van der Waals surface area contributed by atoms with Crippen molar-refractivity contribution in [3.8, 4) is 0 Å². The van der Waals surface area contributed by atoms with Crippen LogP contribution in [0.3, 0.4) is 0 Å². The van der Waals surface area contributed by atoms with Crippen molar-refractivity contribution in [2.75, 3.05) is 6.61 Å². The van der Waals surface area contributed by atoms with E-state index in [9.17, 15) is 4.79 Å². The quantitative estimate of drug-likeness (QED) is 0.357. The number of hydrogen-bond donors (Lipinski definition) is 0. The van der Waals surface area contributed by atoms with Gasteiger partial charge in [-0.2, -0.15) is 0 Å². The van der Waals surface area contributed by atoms with Crippen LogP contribution in [0.4, 0.5) is 0 Å². The van der Waals surface area contributed by atoms with E-state index in [1.54, 1.807) is 0 Å². The van der Waals surface area contributed by atoms with Crippen molar-refractivity contribution in [1.29, 1.82) is 0 Å². The minimum Gasteiger partial charge on any atom is -0.463 e. The van der Waals surface area contributed by atoms with Crippen molar-refractivity contribution in [3.63, 3.8) is 0 Å². The van der Waals surface area contributed by atoms with Crippen LogP contribution in [-0.4, -0.2) is 13.1 Å². The first-order valence-electron chi connectivity index (χ1n) is 4.20. The largest absolute Gasteiger partial charge is 0.463 e. The smallest absolute Gasteiger partial charge is 0.293 e. The standard InChI is InChI=1S/C11H16O2/c1-4-10(2)6-5-7-11(3)8-13-9-12/h4,6-7,9H,1,5,8H2,2-3H3/b10-6-,11-7+. The lowest BCUT2D eigenvalue weighted by molar-refractivity contribution is -0.127. The van der Waals surface area contributed by atoms with Crippen LogP contribution in [0.15, 0.2) is 36.0 Å². The highest BCUT2D eigenvalue weighted by Crippen LogP contribution is 2.00. The third-order valence-corrected chi connectivity index (χ3v) is 1.61. The Balaban J connectivity index is 3.82. The molecular weight excluding hydrogens is 164 g/mol. The predicted molar refractivity (Wildman–Crippen MR) is 54.3 cm³/mol. The van der Waals surface area contributed by atoms with Gasteiger partial charge in [-0.05, 0) is 25.8 Å². The summed E-state index contributed by atoms with van der Waals surface area (Å²) in [6.45, 7) is 8.42. The molecule has 0 radical (unpaired) electrons. The van der Waals surface area contributed by atoms with Crippen molar-refractivity contribution in [3.05, 3.63) is 36.0 Å². The molecule has 0 fully saturated rings. The zero-order chi connectivity index (χ0) is 10.1. The fourth-order valence-electron chi connectivity index (χ4n) is 0.754. The maximum atomic E-state index is 9.86. The summed E-state index contributed by atoms with van der Waals surface area (Å²) in [6, 6.07) is 0. The van der Waals surface area contributed by atoms with Crippen LogP contribution in [0.5, 0.6) is 0 Å². The summed E-state index contributed by atoms with van der Waals surface area (Å²) >= 11 is 0. The van der Waals surface area contributed by atoms with Gasteiger partial charge < -0.3 is 4.74 Å². The number of hydrogen-bond acceptors (Lipinski definition) is 2. The molecule has 0 aliphatic carbocycles. The van der Waals surface area contributed by atoms with Gasteiger partial charge in [0.2, 0.25) is 0 Å². The lowest BCUT2D eigenvalue weighted by Gasteiger charge is -1.97. The summed E-state index contributed by atoms with van der Waals surface area (Å²) in [7, 11) is 0. The molecule has 0 atom stereocenters. The van der Waals surface area contributed by atoms with Crippen molar-refractivity contribution in [2.45, 2.75) is 20.3 Å². The van der Waals surface area contributed by atoms with Crippen LogP contribution < -0.4 is 0 Å². The second-order valence-electron chi connectivity index (χ2n) is 2.85. The average molecular weight is 180 g/mol. The molecule has 0 aromatic carbocycles. The molecule has 0 aromatic rings. The van der Waals surface area contributed by atoms with Crippen LogP contribution >= 0.6 is 0 Å². The molecule has 0 N–H and O–H groups in total. The molecule has 13 heavy (non-hydrogen) atoms. The Bertz CT molecular complexity index is 224. The van der Waals surface area contributed by atoms with Crippen molar-refractivity contribution in [1.82, 2.24) is 0 Å². The zero-order valence-corrected chi connectivity index (χ0v) is 8.25. The van der Waals surface area contributed by atoms with E-state index in [4.69, 9.17) is 0 Å². The fourth-order valence-corrected chi connectivity index (χ4v) is 0.754. The van der Waals surface area contributed by atoms with Gasteiger partial charge in [-0.3, -0.25) is 4.79 Å². The maximum absolute atomic E-state index is 9.86. The number of allylic oxidation sites excluding steroid dienone is 4. The van der Waals surface area contributed by atoms with Gasteiger partial charge in [-0.1, -0.05) is 30.4 Å². The lowest BCUT2D eigenvalue weighted by atomic mass is 10.2. The van der Waals surface area contributed by atoms with Crippen LogP contribution in [0, 0.1) is 0 Å². The lowest BCUT2D eigenvalue weighted by Crippen LogP contribution is -1.92. The van der Waals surface area contributed by atoms with E-state index in [-0.39, 0.29) is 0 Å². The first-order valence-corrected chi connectivity index (χ1v) is 4.20. The SMILES string of the molecule is C=C/C(C)=C\C/C=C(\C)COC=O. The monoisotopic (exact) mass is 180 g/mol. The van der Waals surface area contributed by atoms with Crippen LogP contribution in [0.25, 0.3) is 0 Å². The number of carbonyl (C=O) groups excluding carboxylic acids is 1. The van der Waals surface area contributed by atoms with Gasteiger partial charge in [-0.25, -0.2) is 0 Å². The summed E-state index contributed by atoms with van der Waals surface area (Å²) in [5.41, 5.74) is 2.21. The Hall–Kier alpha value is -1.31. The fraction of sp³-hybridized carbons (Fsp3) is 0.364. The second-order valence-corrected chi connectivity index (χ2v) is 2.85. The van der Waals surface area contributed by atoms with E-state index in [0.29, 0.717) is 13.1 Å². The van der Waals surface area contributed by atoms with Crippen molar-refractivity contribution >= 4 is 6.47 Å². The summed E-state index contributed by atoms with van der Waals surface area (Å²) in [6.07, 6.45) is 6.75. The molecule has 0 aliphatic heterocycles. The third-order valence-electron chi connectivity index (χ3n) is 1.61. The summed E-state index contributed by atoms with van der Waals surface area (Å²) in [5.74, 6) is 0. The molecule has 72 valence electrons. The highest BCUT2D eigenvalue weighted by Gasteiger charge is 1.87. The molecule has 0 unspecified atom stereocenters. The molecule has 0 aliphatic rings. The first kappa shape index (κ1) is 11.7. The molecule has 0 amide bonds. The van der Waals surface area contributed by atoms with E-state index in [0.717, 1.165) is 17.6 Å². The molecule has 0 bridgehead atoms. The number of ether oxygens (including phenoxy) is 1. The molecule has 0 saturated heterocycles. The van der Waals surface area contributed by atoms with Crippen LogP contribution in [-0.2, 0) is 9.53 Å². The molecule has 0 saturated carbocycles. The van der Waals surface area contributed by atoms with Crippen molar-refractivity contribution < 1.29 is 9.53 Å². The molecule has 2 heteroatoms.